The zero-order valence-corrected chi connectivity index (χ0v) is 17.2. The van der Waals surface area contributed by atoms with Gasteiger partial charge in [0.1, 0.15) is 5.82 Å². The summed E-state index contributed by atoms with van der Waals surface area (Å²) in [6.45, 7) is 2.00. The van der Waals surface area contributed by atoms with Crippen LogP contribution in [0.25, 0.3) is 0 Å². The molecule has 2 aliphatic rings. The lowest BCUT2D eigenvalue weighted by Crippen LogP contribution is -2.37. The number of thioether (sulfide) groups is 1. The van der Waals surface area contributed by atoms with E-state index < -0.39 is 11.7 Å². The third kappa shape index (κ3) is 3.71. The number of amides is 2. The van der Waals surface area contributed by atoms with Crippen LogP contribution < -0.4 is 10.2 Å². The van der Waals surface area contributed by atoms with Gasteiger partial charge in [-0.15, -0.1) is 0 Å². The summed E-state index contributed by atoms with van der Waals surface area (Å²) < 4.78 is 14.3. The molecule has 0 fully saturated rings. The van der Waals surface area contributed by atoms with E-state index in [1.807, 2.05) is 31.2 Å². The van der Waals surface area contributed by atoms with Crippen molar-refractivity contribution in [2.24, 2.45) is 0 Å². The van der Waals surface area contributed by atoms with Gasteiger partial charge in [-0.2, -0.15) is 5.26 Å². The number of rotatable bonds is 4. The van der Waals surface area contributed by atoms with Crippen molar-refractivity contribution < 1.29 is 14.0 Å². The molecular formula is C23H20FN3O2S. The first-order chi connectivity index (χ1) is 14.5. The average molecular weight is 421 g/mol. The summed E-state index contributed by atoms with van der Waals surface area (Å²) in [4.78, 5) is 27.0. The molecule has 0 radical (unpaired) electrons. The first-order valence-corrected chi connectivity index (χ1v) is 10.7. The fourth-order valence-electron chi connectivity index (χ4n) is 4.11. The first kappa shape index (κ1) is 20.2. The van der Waals surface area contributed by atoms with Crippen LogP contribution >= 0.6 is 11.8 Å². The van der Waals surface area contributed by atoms with E-state index in [9.17, 15) is 19.2 Å². The number of anilines is 1. The van der Waals surface area contributed by atoms with Crippen LogP contribution in [0.2, 0.25) is 0 Å². The number of hydrogen-bond acceptors (Lipinski definition) is 4. The smallest absolute Gasteiger partial charge is 0.237 e. The van der Waals surface area contributed by atoms with Crippen LogP contribution in [0.1, 0.15) is 30.4 Å². The first-order valence-electron chi connectivity index (χ1n) is 9.71. The molecule has 0 spiro atoms. The van der Waals surface area contributed by atoms with Gasteiger partial charge in [-0.05, 0) is 36.6 Å². The van der Waals surface area contributed by atoms with Crippen LogP contribution in [0.5, 0.6) is 0 Å². The molecule has 2 amide bonds. The highest BCUT2D eigenvalue weighted by Gasteiger charge is 2.33. The molecule has 4 rings (SSSR count). The average Bonchev–Trinajstić information content (AvgIpc) is 3.07. The number of nitriles is 1. The summed E-state index contributed by atoms with van der Waals surface area (Å²) in [7, 11) is 0. The number of allylic oxidation sites excluding steroid dienone is 1. The topological polar surface area (TPSA) is 73.2 Å². The van der Waals surface area contributed by atoms with E-state index in [1.54, 1.807) is 23.1 Å². The normalized spacial score (nSPS) is 20.6. The Bertz CT molecular complexity index is 1090. The Morgan fingerprint density at radius 2 is 1.97 bits per heavy atom. The quantitative estimate of drug-likeness (QED) is 0.813. The lowest BCUT2D eigenvalue weighted by molar-refractivity contribution is -0.121. The molecule has 1 N–H and O–H groups in total. The molecular weight excluding hydrogens is 401 g/mol. The minimum Gasteiger partial charge on any atom is -0.320 e. The Morgan fingerprint density at radius 3 is 2.73 bits per heavy atom. The minimum absolute atomic E-state index is 0.00162. The van der Waals surface area contributed by atoms with Crippen molar-refractivity contribution in [1.29, 1.82) is 5.26 Å². The molecule has 0 aliphatic carbocycles. The summed E-state index contributed by atoms with van der Waals surface area (Å²) in [5, 5.41) is 12.8. The molecule has 2 aromatic rings. The third-order valence-electron chi connectivity index (χ3n) is 5.45. The number of para-hydroxylation sites is 1. The summed E-state index contributed by atoms with van der Waals surface area (Å²) in [5.41, 5.74) is 2.63. The van der Waals surface area contributed by atoms with Gasteiger partial charge in [0.25, 0.3) is 0 Å². The number of carbonyl (C=O) groups excluding carboxylic acids is 2. The van der Waals surface area contributed by atoms with E-state index in [0.29, 0.717) is 10.6 Å². The van der Waals surface area contributed by atoms with Gasteiger partial charge in [-0.1, -0.05) is 48.2 Å². The Morgan fingerprint density at radius 1 is 1.23 bits per heavy atom. The Kier molecular flexibility index (Phi) is 5.60. The second-order valence-electron chi connectivity index (χ2n) is 7.42. The summed E-state index contributed by atoms with van der Waals surface area (Å²) >= 11 is 1.12. The van der Waals surface area contributed by atoms with Gasteiger partial charge in [0.05, 0.1) is 22.4 Å². The number of hydrogen-bond donors (Lipinski definition) is 1. The molecule has 2 atom stereocenters. The number of nitrogens with zero attached hydrogens (tertiary/aromatic N) is 2. The third-order valence-corrected chi connectivity index (χ3v) is 6.45. The van der Waals surface area contributed by atoms with E-state index >= 15 is 0 Å². The van der Waals surface area contributed by atoms with Gasteiger partial charge in [-0.25, -0.2) is 4.39 Å². The van der Waals surface area contributed by atoms with E-state index in [4.69, 9.17) is 0 Å². The number of carbonyl (C=O) groups is 2. The molecule has 2 heterocycles. The van der Waals surface area contributed by atoms with Crippen LogP contribution in [0.15, 0.2) is 59.1 Å². The summed E-state index contributed by atoms with van der Waals surface area (Å²) in [6, 6.07) is 16.1. The standard InChI is InChI=1S/C23H20FN3O2S/c1-14-10-15-6-2-5-9-20(15)27(14)22(29)13-30-23-18(12-25)17(11-21(28)26-23)16-7-3-4-8-19(16)24/h2-9,14,17H,10-11,13H2,1H3,(H,26,28). The fourth-order valence-corrected chi connectivity index (χ4v) is 5.04. The Labute approximate surface area is 178 Å². The molecule has 0 saturated carbocycles. The summed E-state index contributed by atoms with van der Waals surface area (Å²) in [5.74, 6) is -1.42. The molecule has 0 saturated heterocycles. The molecule has 5 nitrogen and oxygen atoms in total. The lowest BCUT2D eigenvalue weighted by Gasteiger charge is -2.26. The van der Waals surface area contributed by atoms with Gasteiger partial charge in [0, 0.05) is 24.1 Å². The zero-order valence-electron chi connectivity index (χ0n) is 16.4. The second kappa shape index (κ2) is 8.33. The predicted octanol–water partition coefficient (Wildman–Crippen LogP) is 3.88. The molecule has 0 bridgehead atoms. The SMILES string of the molecule is CC1Cc2ccccc2N1C(=O)CSC1=C(C#N)C(c2ccccc2F)CC(=O)N1. The van der Waals surface area contributed by atoms with Crippen LogP contribution in [-0.4, -0.2) is 23.6 Å². The molecule has 2 aliphatic heterocycles. The largest absolute Gasteiger partial charge is 0.320 e. The van der Waals surface area contributed by atoms with Crippen molar-refractivity contribution >= 4 is 29.3 Å². The van der Waals surface area contributed by atoms with Crippen molar-refractivity contribution in [3.05, 3.63) is 76.1 Å². The maximum atomic E-state index is 14.3. The van der Waals surface area contributed by atoms with E-state index in [-0.39, 0.29) is 35.6 Å². The van der Waals surface area contributed by atoms with Crippen LogP contribution in [0.4, 0.5) is 10.1 Å². The molecule has 152 valence electrons. The number of nitrogens with one attached hydrogen (secondary N) is 1. The monoisotopic (exact) mass is 421 g/mol. The van der Waals surface area contributed by atoms with Crippen molar-refractivity contribution in [3.8, 4) is 6.07 Å². The Hall–Kier alpha value is -3.11. The van der Waals surface area contributed by atoms with Gasteiger partial charge in [-0.3, -0.25) is 9.59 Å². The highest BCUT2D eigenvalue weighted by Crippen LogP contribution is 2.38. The van der Waals surface area contributed by atoms with Gasteiger partial charge in [0.15, 0.2) is 0 Å². The Balaban J connectivity index is 1.57. The van der Waals surface area contributed by atoms with Gasteiger partial charge >= 0.3 is 0 Å². The van der Waals surface area contributed by atoms with Crippen molar-refractivity contribution in [2.75, 3.05) is 10.7 Å². The lowest BCUT2D eigenvalue weighted by atomic mass is 9.87. The second-order valence-corrected chi connectivity index (χ2v) is 8.40. The molecule has 7 heteroatoms. The van der Waals surface area contributed by atoms with E-state index in [2.05, 4.69) is 11.4 Å². The van der Waals surface area contributed by atoms with E-state index in [1.165, 1.54) is 6.07 Å². The fraction of sp³-hybridized carbons (Fsp3) is 0.261. The molecule has 0 aromatic heterocycles. The van der Waals surface area contributed by atoms with Crippen molar-refractivity contribution in [2.45, 2.75) is 31.7 Å². The van der Waals surface area contributed by atoms with Gasteiger partial charge < -0.3 is 10.2 Å². The maximum absolute atomic E-state index is 14.3. The van der Waals surface area contributed by atoms with Crippen molar-refractivity contribution in [3.63, 3.8) is 0 Å². The van der Waals surface area contributed by atoms with Crippen LogP contribution in [0, 0.1) is 17.1 Å². The van der Waals surface area contributed by atoms with Crippen LogP contribution in [-0.2, 0) is 16.0 Å². The molecule has 30 heavy (non-hydrogen) atoms. The number of benzene rings is 2. The van der Waals surface area contributed by atoms with Crippen LogP contribution in [0.3, 0.4) is 0 Å². The molecule has 2 unspecified atom stereocenters. The molecule has 2 aromatic carbocycles. The zero-order chi connectivity index (χ0) is 21.3. The van der Waals surface area contributed by atoms with Gasteiger partial charge in [0.2, 0.25) is 11.8 Å². The predicted molar refractivity (Wildman–Crippen MR) is 114 cm³/mol. The summed E-state index contributed by atoms with van der Waals surface area (Å²) in [6.07, 6.45) is 0.795. The van der Waals surface area contributed by atoms with Crippen molar-refractivity contribution in [1.82, 2.24) is 5.32 Å². The number of fused-ring (bicyclic) bond motifs is 1. The number of halogens is 1. The minimum atomic E-state index is -0.658. The highest BCUT2D eigenvalue weighted by molar-refractivity contribution is 8.03. The maximum Gasteiger partial charge on any atom is 0.237 e. The van der Waals surface area contributed by atoms with E-state index in [0.717, 1.165) is 29.4 Å². The highest BCUT2D eigenvalue weighted by atomic mass is 32.2.